The van der Waals surface area contributed by atoms with E-state index in [2.05, 4.69) is 10.6 Å². The number of benzene rings is 2. The van der Waals surface area contributed by atoms with Crippen LogP contribution in [0.3, 0.4) is 0 Å². The number of nitrogens with one attached hydrogen (secondary N) is 2. The molecule has 17 heteroatoms. The van der Waals surface area contributed by atoms with Gasteiger partial charge in [0.15, 0.2) is 5.82 Å². The fraction of sp³-hybridized carbons (Fsp3) is 0.280. The third kappa shape index (κ3) is 5.71. The summed E-state index contributed by atoms with van der Waals surface area (Å²) in [7, 11) is -1.75. The number of urea groups is 1. The highest BCUT2D eigenvalue weighted by atomic mass is 35.5. The van der Waals surface area contributed by atoms with Crippen LogP contribution in [0.1, 0.15) is 44.8 Å². The van der Waals surface area contributed by atoms with Crippen molar-refractivity contribution in [2.75, 3.05) is 19.6 Å². The number of amides is 5. The molecule has 0 unspecified atom stereocenters. The van der Waals surface area contributed by atoms with Crippen LogP contribution in [0, 0.1) is 5.82 Å². The lowest BCUT2D eigenvalue weighted by Crippen LogP contribution is -2.60. The van der Waals surface area contributed by atoms with E-state index in [9.17, 15) is 48.4 Å². The Bertz CT molecular complexity index is 1510. The zero-order chi connectivity index (χ0) is 30.9. The van der Waals surface area contributed by atoms with Crippen molar-refractivity contribution in [2.45, 2.75) is 25.3 Å². The summed E-state index contributed by atoms with van der Waals surface area (Å²) in [5.74, 6) is -8.85. The number of halogens is 2. The molecular weight excluding hydrogens is 582 g/mol. The number of carbonyl (C=O) groups excluding carboxylic acids is 4. The predicted octanol–water partition coefficient (Wildman–Crippen LogP) is 0.457. The van der Waals surface area contributed by atoms with Crippen LogP contribution in [0.25, 0.3) is 0 Å². The van der Waals surface area contributed by atoms with E-state index < -0.39 is 76.8 Å². The molecule has 2 atom stereocenters. The van der Waals surface area contributed by atoms with Crippen molar-refractivity contribution >= 4 is 54.4 Å². The third-order valence-corrected chi connectivity index (χ3v) is 7.18. The van der Waals surface area contributed by atoms with Crippen LogP contribution in [0.2, 0.25) is 5.02 Å². The van der Waals surface area contributed by atoms with Gasteiger partial charge in [-0.1, -0.05) is 29.8 Å². The molecule has 2 aliphatic heterocycles. The number of hydrogen-bond acceptors (Lipinski definition) is 8. The largest absolute Gasteiger partial charge is 0.547 e. The number of carboxylic acid groups (broad SMARTS) is 2. The Morgan fingerprint density at radius 3 is 2.43 bits per heavy atom. The normalized spacial score (nSPS) is 17.2. The zero-order valence-corrected chi connectivity index (χ0v) is 22.6. The van der Waals surface area contributed by atoms with Crippen molar-refractivity contribution in [3.8, 4) is 5.75 Å². The summed E-state index contributed by atoms with van der Waals surface area (Å²) in [6.07, 6.45) is -0.115. The van der Waals surface area contributed by atoms with Crippen molar-refractivity contribution in [3.63, 3.8) is 0 Å². The van der Waals surface area contributed by atoms with Gasteiger partial charge in [0.05, 0.1) is 22.1 Å². The van der Waals surface area contributed by atoms with E-state index in [0.717, 1.165) is 12.1 Å². The maximum Gasteiger partial charge on any atom is 0.547 e. The van der Waals surface area contributed by atoms with Crippen LogP contribution in [0.4, 0.5) is 9.18 Å². The van der Waals surface area contributed by atoms with Gasteiger partial charge in [-0.3, -0.25) is 19.3 Å². The molecule has 5 N–H and O–H groups in total. The lowest BCUT2D eigenvalue weighted by atomic mass is 9.72. The molecule has 0 spiro atoms. The van der Waals surface area contributed by atoms with Crippen molar-refractivity contribution in [3.05, 3.63) is 63.4 Å². The second-order valence-corrected chi connectivity index (χ2v) is 9.66. The summed E-state index contributed by atoms with van der Waals surface area (Å²) >= 11 is 6.09. The van der Waals surface area contributed by atoms with Crippen LogP contribution < -0.4 is 15.3 Å². The molecule has 4 rings (SSSR count). The Hall–Kier alpha value is -4.70. The molecule has 1 fully saturated rings. The van der Waals surface area contributed by atoms with Crippen LogP contribution in [-0.4, -0.2) is 93.4 Å². The van der Waals surface area contributed by atoms with Gasteiger partial charge in [-0.15, -0.1) is 0 Å². The summed E-state index contributed by atoms with van der Waals surface area (Å²) in [5.41, 5.74) is -1.09. The van der Waals surface area contributed by atoms with E-state index >= 15 is 0 Å². The molecule has 2 aromatic carbocycles. The summed E-state index contributed by atoms with van der Waals surface area (Å²) in [4.78, 5) is 76.1. The molecule has 42 heavy (non-hydrogen) atoms. The topological polar surface area (TPSA) is 203 Å². The van der Waals surface area contributed by atoms with Crippen molar-refractivity contribution in [1.29, 1.82) is 0 Å². The van der Waals surface area contributed by atoms with Crippen LogP contribution >= 0.6 is 11.6 Å². The third-order valence-electron chi connectivity index (χ3n) is 6.80. The molecule has 1 saturated heterocycles. The average Bonchev–Trinajstić information content (AvgIpc) is 2.94. The maximum atomic E-state index is 14.8. The van der Waals surface area contributed by atoms with E-state index in [0.29, 0.717) is 10.5 Å². The van der Waals surface area contributed by atoms with Gasteiger partial charge in [-0.05, 0) is 31.0 Å². The van der Waals surface area contributed by atoms with Crippen molar-refractivity contribution in [1.82, 2.24) is 20.4 Å². The first-order valence-corrected chi connectivity index (χ1v) is 12.9. The standard InChI is InChI=1S/C25H23BClFN4O10/c1-2-31-8-9-32(22(35)21(31)34)25(40)30-18(12-6-7-13(23(36)37)17(28)16(12)27)20(33)29-15-10-11-4-3-5-14(24(38)39)19(11)42-26(15)41/h3-7,15,18,41H,2,8-10H2,1H3,(H,29,33)(H,30,40)(H,36,37)(H,38,39)/t15-,18+/m0/s1. The molecule has 2 aromatic rings. The molecule has 0 radical (unpaired) electrons. The minimum absolute atomic E-state index is 0.0252. The molecule has 2 aliphatic rings. The Balaban J connectivity index is 1.64. The van der Waals surface area contributed by atoms with E-state index in [4.69, 9.17) is 16.3 Å². The number of carbonyl (C=O) groups is 6. The first-order valence-electron chi connectivity index (χ1n) is 12.5. The molecular formula is C25H23BClFN4O10. The molecule has 0 aliphatic carbocycles. The van der Waals surface area contributed by atoms with Gasteiger partial charge in [-0.2, -0.15) is 0 Å². The Morgan fingerprint density at radius 2 is 1.79 bits per heavy atom. The first-order chi connectivity index (χ1) is 19.8. The molecule has 5 amide bonds. The van der Waals surface area contributed by atoms with Gasteiger partial charge in [0.2, 0.25) is 5.91 Å². The smallest absolute Gasteiger partial charge is 0.534 e. The summed E-state index contributed by atoms with van der Waals surface area (Å²) < 4.78 is 20.2. The fourth-order valence-electron chi connectivity index (χ4n) is 4.59. The number of hydrogen-bond donors (Lipinski definition) is 5. The van der Waals surface area contributed by atoms with Gasteiger partial charge in [0, 0.05) is 25.2 Å². The number of piperazine rings is 1. The van der Waals surface area contributed by atoms with Crippen LogP contribution in [0.5, 0.6) is 5.75 Å². The molecule has 2 heterocycles. The summed E-state index contributed by atoms with van der Waals surface area (Å²) in [5, 5.41) is 33.0. The number of rotatable bonds is 7. The molecule has 0 aromatic heterocycles. The van der Waals surface area contributed by atoms with E-state index in [1.54, 1.807) is 6.92 Å². The second kappa shape index (κ2) is 12.0. The van der Waals surface area contributed by atoms with Gasteiger partial charge in [-0.25, -0.2) is 18.8 Å². The highest BCUT2D eigenvalue weighted by molar-refractivity contribution is 6.47. The van der Waals surface area contributed by atoms with Gasteiger partial charge < -0.3 is 35.4 Å². The SMILES string of the molecule is CCN1CCN(C(=O)N[C@@H](C(=O)N[C@H]2Cc3cccc(C(=O)O)c3OB2O)c2ccc(C(=O)O)c(F)c2Cl)C(=O)C1=O. The summed E-state index contributed by atoms with van der Waals surface area (Å²) in [6, 6.07) is 2.98. The number of carboxylic acids is 2. The molecule has 0 saturated carbocycles. The molecule has 0 bridgehead atoms. The quantitative estimate of drug-likeness (QED) is 0.218. The van der Waals surface area contributed by atoms with Gasteiger partial charge >= 0.3 is 36.9 Å². The molecule has 14 nitrogen and oxygen atoms in total. The minimum atomic E-state index is -1.85. The lowest BCUT2D eigenvalue weighted by Gasteiger charge is -2.33. The Morgan fingerprint density at radius 1 is 1.10 bits per heavy atom. The minimum Gasteiger partial charge on any atom is -0.534 e. The van der Waals surface area contributed by atoms with E-state index in [1.807, 2.05) is 0 Å². The Labute approximate surface area is 242 Å². The van der Waals surface area contributed by atoms with E-state index in [1.165, 1.54) is 23.1 Å². The first kappa shape index (κ1) is 30.3. The maximum absolute atomic E-state index is 14.8. The predicted molar refractivity (Wildman–Crippen MR) is 141 cm³/mol. The monoisotopic (exact) mass is 604 g/mol. The van der Waals surface area contributed by atoms with Gasteiger partial charge in [0.25, 0.3) is 0 Å². The fourth-order valence-corrected chi connectivity index (χ4v) is 4.86. The zero-order valence-electron chi connectivity index (χ0n) is 21.8. The van der Waals surface area contributed by atoms with Crippen molar-refractivity contribution < 1.29 is 53.0 Å². The van der Waals surface area contributed by atoms with E-state index in [-0.39, 0.29) is 37.4 Å². The second-order valence-electron chi connectivity index (χ2n) is 9.29. The van der Waals surface area contributed by atoms with Crippen LogP contribution in [-0.2, 0) is 20.8 Å². The number of likely N-dealkylation sites (N-methyl/N-ethyl adjacent to an activating group) is 1. The lowest BCUT2D eigenvalue weighted by molar-refractivity contribution is -0.153. The number of aromatic carboxylic acids is 2. The van der Waals surface area contributed by atoms with Crippen LogP contribution in [0.15, 0.2) is 30.3 Å². The molecule has 220 valence electrons. The average molecular weight is 605 g/mol. The Kier molecular flexibility index (Phi) is 8.68. The van der Waals surface area contributed by atoms with Crippen molar-refractivity contribution in [2.24, 2.45) is 0 Å². The highest BCUT2D eigenvalue weighted by Gasteiger charge is 2.41. The number of nitrogens with zero attached hydrogens (tertiary/aromatic N) is 2. The number of imide groups is 1. The number of para-hydroxylation sites is 1. The highest BCUT2D eigenvalue weighted by Crippen LogP contribution is 2.32. The number of fused-ring (bicyclic) bond motifs is 1. The van der Waals surface area contributed by atoms with Gasteiger partial charge in [0.1, 0.15) is 11.8 Å². The summed E-state index contributed by atoms with van der Waals surface area (Å²) in [6.45, 7) is 1.68.